The van der Waals surface area contributed by atoms with E-state index in [0.29, 0.717) is 44.5 Å². The quantitative estimate of drug-likeness (QED) is 0.297. The van der Waals surface area contributed by atoms with Gasteiger partial charge in [0.25, 0.3) is 0 Å². The summed E-state index contributed by atoms with van der Waals surface area (Å²) in [6, 6.07) is 17.7. The van der Waals surface area contributed by atoms with Crippen molar-refractivity contribution in [1.29, 1.82) is 0 Å². The van der Waals surface area contributed by atoms with E-state index in [-0.39, 0.29) is 29.9 Å². The van der Waals surface area contributed by atoms with Gasteiger partial charge in [-0.15, -0.1) is 0 Å². The highest BCUT2D eigenvalue weighted by molar-refractivity contribution is 6.16. The number of carbonyl (C=O) groups excluding carboxylic acids is 3. The average Bonchev–Trinajstić information content (AvgIpc) is 3.33. The summed E-state index contributed by atoms with van der Waals surface area (Å²) in [5, 5.41) is 3.47. The smallest absolute Gasteiger partial charge is 0.228 e. The number of rotatable bonds is 8. The predicted octanol–water partition coefficient (Wildman–Crippen LogP) is 5.05. The van der Waals surface area contributed by atoms with E-state index in [1.54, 1.807) is 54.9 Å². The average molecular weight is 504 g/mol. The SMILES string of the molecule is CC(C)n1cc(C(=O)c2cncc(NC(=O)Cc3cccc(C(=O)c4ccccc4)c3)c2)c2cncnc21. The third-order valence-corrected chi connectivity index (χ3v) is 6.17. The van der Waals surface area contributed by atoms with Crippen LogP contribution in [0.15, 0.2) is 91.8 Å². The molecule has 8 nitrogen and oxygen atoms in total. The maximum absolute atomic E-state index is 13.4. The van der Waals surface area contributed by atoms with Gasteiger partial charge in [0.1, 0.15) is 12.0 Å². The van der Waals surface area contributed by atoms with E-state index in [1.807, 2.05) is 36.6 Å². The Morgan fingerprint density at radius 3 is 2.42 bits per heavy atom. The Bertz CT molecular complexity index is 1660. The maximum Gasteiger partial charge on any atom is 0.228 e. The third-order valence-electron chi connectivity index (χ3n) is 6.17. The molecule has 0 saturated carbocycles. The first kappa shape index (κ1) is 24.7. The summed E-state index contributed by atoms with van der Waals surface area (Å²) in [7, 11) is 0. The Balaban J connectivity index is 1.32. The zero-order valence-corrected chi connectivity index (χ0v) is 21.0. The molecule has 2 aromatic carbocycles. The molecule has 0 atom stereocenters. The summed E-state index contributed by atoms with van der Waals surface area (Å²) in [5.41, 5.74) is 3.70. The number of hydrogen-bond donors (Lipinski definition) is 1. The molecule has 5 aromatic rings. The summed E-state index contributed by atoms with van der Waals surface area (Å²) >= 11 is 0. The fourth-order valence-corrected chi connectivity index (χ4v) is 4.32. The molecule has 1 amide bonds. The number of nitrogens with one attached hydrogen (secondary N) is 1. The molecular weight excluding hydrogens is 478 g/mol. The molecule has 1 N–H and O–H groups in total. The van der Waals surface area contributed by atoms with Gasteiger partial charge in [-0.3, -0.25) is 19.4 Å². The minimum atomic E-state index is -0.287. The number of ketones is 2. The van der Waals surface area contributed by atoms with Crippen molar-refractivity contribution in [2.24, 2.45) is 0 Å². The fourth-order valence-electron chi connectivity index (χ4n) is 4.32. The zero-order valence-electron chi connectivity index (χ0n) is 21.0. The van der Waals surface area contributed by atoms with Crippen LogP contribution in [-0.2, 0) is 11.2 Å². The summed E-state index contributed by atoms with van der Waals surface area (Å²) in [5.74, 6) is -0.627. The van der Waals surface area contributed by atoms with Crippen molar-refractivity contribution in [2.45, 2.75) is 26.3 Å². The fraction of sp³-hybridized carbons (Fsp3) is 0.133. The van der Waals surface area contributed by atoms with Crippen LogP contribution in [0.5, 0.6) is 0 Å². The number of aromatic nitrogens is 4. The molecule has 0 radical (unpaired) electrons. The first-order chi connectivity index (χ1) is 18.4. The van der Waals surface area contributed by atoms with Gasteiger partial charge in [-0.2, -0.15) is 0 Å². The van der Waals surface area contributed by atoms with Gasteiger partial charge in [-0.25, -0.2) is 9.97 Å². The van der Waals surface area contributed by atoms with E-state index >= 15 is 0 Å². The predicted molar refractivity (Wildman–Crippen MR) is 144 cm³/mol. The van der Waals surface area contributed by atoms with Crippen molar-refractivity contribution in [3.8, 4) is 0 Å². The molecule has 0 aliphatic carbocycles. The molecule has 0 fully saturated rings. The van der Waals surface area contributed by atoms with Crippen LogP contribution in [0.3, 0.4) is 0 Å². The van der Waals surface area contributed by atoms with Crippen molar-refractivity contribution in [2.75, 3.05) is 5.32 Å². The molecule has 0 saturated heterocycles. The summed E-state index contributed by atoms with van der Waals surface area (Å²) in [4.78, 5) is 51.5. The minimum absolute atomic E-state index is 0.0628. The van der Waals surface area contributed by atoms with E-state index < -0.39 is 0 Å². The Kier molecular flexibility index (Phi) is 6.86. The first-order valence-corrected chi connectivity index (χ1v) is 12.2. The summed E-state index contributed by atoms with van der Waals surface area (Å²) in [6.45, 7) is 4.03. The lowest BCUT2D eigenvalue weighted by Crippen LogP contribution is -2.15. The first-order valence-electron chi connectivity index (χ1n) is 12.2. The molecule has 0 bridgehead atoms. The van der Waals surface area contributed by atoms with E-state index in [1.165, 1.54) is 18.7 Å². The van der Waals surface area contributed by atoms with Gasteiger partial charge in [0, 0.05) is 46.7 Å². The van der Waals surface area contributed by atoms with Crippen molar-refractivity contribution >= 4 is 34.2 Å². The van der Waals surface area contributed by atoms with Crippen molar-refractivity contribution < 1.29 is 14.4 Å². The monoisotopic (exact) mass is 503 g/mol. The molecule has 38 heavy (non-hydrogen) atoms. The molecule has 8 heteroatoms. The molecule has 5 rings (SSSR count). The van der Waals surface area contributed by atoms with E-state index in [9.17, 15) is 14.4 Å². The molecule has 0 aliphatic heterocycles. The second-order valence-corrected chi connectivity index (χ2v) is 9.22. The van der Waals surface area contributed by atoms with Gasteiger partial charge >= 0.3 is 0 Å². The van der Waals surface area contributed by atoms with E-state index in [4.69, 9.17) is 0 Å². The van der Waals surface area contributed by atoms with E-state index in [0.717, 1.165) is 0 Å². The van der Waals surface area contributed by atoms with Crippen LogP contribution < -0.4 is 5.32 Å². The van der Waals surface area contributed by atoms with Gasteiger partial charge in [0.15, 0.2) is 11.6 Å². The van der Waals surface area contributed by atoms with Gasteiger partial charge in [-0.05, 0) is 31.5 Å². The summed E-state index contributed by atoms with van der Waals surface area (Å²) in [6.07, 6.45) is 7.89. The number of anilines is 1. The number of pyridine rings is 1. The van der Waals surface area contributed by atoms with Crippen LogP contribution in [0.25, 0.3) is 11.0 Å². The second-order valence-electron chi connectivity index (χ2n) is 9.22. The van der Waals surface area contributed by atoms with Crippen LogP contribution in [0, 0.1) is 0 Å². The van der Waals surface area contributed by atoms with Crippen LogP contribution in [0.1, 0.15) is 57.3 Å². The minimum Gasteiger partial charge on any atom is -0.329 e. The Morgan fingerprint density at radius 1 is 0.842 bits per heavy atom. The highest BCUT2D eigenvalue weighted by Gasteiger charge is 2.20. The standard InChI is InChI=1S/C30H25N5O3/c1-19(2)35-17-26(25-16-32-18-33-30(25)35)29(38)23-13-24(15-31-14-23)34-27(36)12-20-7-6-10-22(11-20)28(37)21-8-4-3-5-9-21/h3-11,13-19H,12H2,1-2H3,(H,34,36). The van der Waals surface area contributed by atoms with Gasteiger partial charge in [-0.1, -0.05) is 48.5 Å². The largest absolute Gasteiger partial charge is 0.329 e. The molecule has 3 heterocycles. The Hall–Kier alpha value is -4.98. The van der Waals surface area contributed by atoms with Crippen LogP contribution in [0.4, 0.5) is 5.69 Å². The van der Waals surface area contributed by atoms with Gasteiger partial charge in [0.2, 0.25) is 5.91 Å². The highest BCUT2D eigenvalue weighted by atomic mass is 16.1. The molecule has 188 valence electrons. The molecule has 0 spiro atoms. The molecule has 3 aromatic heterocycles. The Morgan fingerprint density at radius 2 is 1.63 bits per heavy atom. The van der Waals surface area contributed by atoms with Gasteiger partial charge in [0.05, 0.1) is 23.9 Å². The number of benzene rings is 2. The third kappa shape index (κ3) is 5.10. The van der Waals surface area contributed by atoms with Crippen molar-refractivity contribution in [1.82, 2.24) is 19.5 Å². The normalized spacial score (nSPS) is 11.0. The van der Waals surface area contributed by atoms with Crippen LogP contribution in [-0.4, -0.2) is 37.0 Å². The highest BCUT2D eigenvalue weighted by Crippen LogP contribution is 2.25. The lowest BCUT2D eigenvalue weighted by molar-refractivity contribution is -0.115. The van der Waals surface area contributed by atoms with Gasteiger partial charge < -0.3 is 9.88 Å². The lowest BCUT2D eigenvalue weighted by Gasteiger charge is -2.08. The topological polar surface area (TPSA) is 107 Å². The molecule has 0 aliphatic rings. The zero-order chi connectivity index (χ0) is 26.6. The van der Waals surface area contributed by atoms with E-state index in [2.05, 4.69) is 20.3 Å². The number of carbonyl (C=O) groups is 3. The number of nitrogens with zero attached hydrogens (tertiary/aromatic N) is 4. The van der Waals surface area contributed by atoms with Crippen molar-refractivity contribution in [3.05, 3.63) is 120 Å². The molecular formula is C30H25N5O3. The number of amides is 1. The number of hydrogen-bond acceptors (Lipinski definition) is 6. The Labute approximate surface area is 219 Å². The van der Waals surface area contributed by atoms with Crippen molar-refractivity contribution in [3.63, 3.8) is 0 Å². The second kappa shape index (κ2) is 10.6. The number of fused-ring (bicyclic) bond motifs is 1. The maximum atomic E-state index is 13.4. The molecule has 0 unspecified atom stereocenters. The van der Waals surface area contributed by atoms with Crippen LogP contribution >= 0.6 is 0 Å². The van der Waals surface area contributed by atoms with Crippen LogP contribution in [0.2, 0.25) is 0 Å². The lowest BCUT2D eigenvalue weighted by atomic mass is 10.0. The summed E-state index contributed by atoms with van der Waals surface area (Å²) < 4.78 is 1.93.